The number of hydrogen-bond donors (Lipinski definition) is 0. The fourth-order valence-electron chi connectivity index (χ4n) is 3.20. The van der Waals surface area contributed by atoms with Gasteiger partial charge in [-0.05, 0) is 50.5 Å². The maximum atomic E-state index is 12.4. The number of ether oxygens (including phenoxy) is 1. The molecular weight excluding hydrogens is 384 g/mol. The van der Waals surface area contributed by atoms with Crippen LogP contribution in [0.3, 0.4) is 0 Å². The van der Waals surface area contributed by atoms with Crippen molar-refractivity contribution in [3.05, 3.63) is 46.3 Å². The molecule has 150 valence electrons. The summed E-state index contributed by atoms with van der Waals surface area (Å²) in [6, 6.07) is 4.85. The number of Topliss-reactive ketones (excluding diaryl/α,β-unsaturated/α-hetero) is 1. The molecule has 0 N–H and O–H groups in total. The summed E-state index contributed by atoms with van der Waals surface area (Å²) in [4.78, 5) is 24.7. The number of aromatic nitrogens is 1. The smallest absolute Gasteiger partial charge is 0.344 e. The van der Waals surface area contributed by atoms with Gasteiger partial charge in [-0.2, -0.15) is 0 Å². The van der Waals surface area contributed by atoms with Crippen LogP contribution < -0.4 is 4.31 Å². The Bertz CT molecular complexity index is 1030. The number of rotatable bonds is 7. The molecule has 28 heavy (non-hydrogen) atoms. The van der Waals surface area contributed by atoms with Crippen molar-refractivity contribution < 1.29 is 27.3 Å². The lowest BCUT2D eigenvalue weighted by molar-refractivity contribution is 0.0472. The van der Waals surface area contributed by atoms with Crippen LogP contribution in [0.4, 0.5) is 5.69 Å². The zero-order chi connectivity index (χ0) is 20.5. The maximum absolute atomic E-state index is 12.4. The van der Waals surface area contributed by atoms with Gasteiger partial charge in [0.15, 0.2) is 12.4 Å². The molecule has 0 saturated carbocycles. The highest BCUT2D eigenvalue weighted by atomic mass is 32.2. The number of nitrogens with zero attached hydrogens (tertiary/aromatic N) is 2. The van der Waals surface area contributed by atoms with E-state index in [4.69, 9.17) is 9.26 Å². The Morgan fingerprint density at radius 3 is 2.71 bits per heavy atom. The molecule has 0 unspecified atom stereocenters. The van der Waals surface area contributed by atoms with E-state index in [2.05, 4.69) is 5.16 Å². The fraction of sp³-hybridized carbons (Fsp3) is 0.421. The number of anilines is 1. The second-order valence-electron chi connectivity index (χ2n) is 6.48. The molecule has 0 radical (unpaired) electrons. The van der Waals surface area contributed by atoms with E-state index in [1.54, 1.807) is 32.0 Å². The topological polar surface area (TPSA) is 107 Å². The third kappa shape index (κ3) is 3.66. The Labute approximate surface area is 163 Å². The third-order valence-corrected chi connectivity index (χ3v) is 6.54. The van der Waals surface area contributed by atoms with Crippen molar-refractivity contribution >= 4 is 27.5 Å². The minimum atomic E-state index is -3.34. The van der Waals surface area contributed by atoms with Crippen molar-refractivity contribution in [2.24, 2.45) is 0 Å². The molecule has 9 heteroatoms. The van der Waals surface area contributed by atoms with Gasteiger partial charge in [0, 0.05) is 12.1 Å². The van der Waals surface area contributed by atoms with Gasteiger partial charge < -0.3 is 9.26 Å². The standard InChI is InChI=1S/C19H22N2O6S/c1-4-15-18(12(3)27-20-15)19(23)26-11-17(22)14-6-7-16-13(10-14)8-9-21(16)28(24,25)5-2/h6-7,10H,4-5,8-9,11H2,1-3H3. The van der Waals surface area contributed by atoms with Crippen molar-refractivity contribution in [2.45, 2.75) is 33.6 Å². The first-order valence-corrected chi connectivity index (χ1v) is 10.7. The molecule has 1 aromatic heterocycles. The van der Waals surface area contributed by atoms with Crippen LogP contribution in [0.15, 0.2) is 22.7 Å². The normalized spacial score (nSPS) is 13.5. The first-order chi connectivity index (χ1) is 13.3. The summed E-state index contributed by atoms with van der Waals surface area (Å²) in [5.41, 5.74) is 2.51. The number of benzene rings is 1. The highest BCUT2D eigenvalue weighted by Gasteiger charge is 2.29. The van der Waals surface area contributed by atoms with Crippen LogP contribution in [0.25, 0.3) is 0 Å². The Morgan fingerprint density at radius 1 is 1.29 bits per heavy atom. The van der Waals surface area contributed by atoms with Gasteiger partial charge in [0.05, 0.1) is 17.1 Å². The van der Waals surface area contributed by atoms with E-state index in [-0.39, 0.29) is 17.1 Å². The van der Waals surface area contributed by atoms with Gasteiger partial charge in [0.1, 0.15) is 11.3 Å². The highest BCUT2D eigenvalue weighted by molar-refractivity contribution is 7.92. The van der Waals surface area contributed by atoms with Crippen LogP contribution in [0.5, 0.6) is 0 Å². The van der Waals surface area contributed by atoms with E-state index in [0.29, 0.717) is 42.1 Å². The van der Waals surface area contributed by atoms with E-state index >= 15 is 0 Å². The highest BCUT2D eigenvalue weighted by Crippen LogP contribution is 2.31. The number of aryl methyl sites for hydroxylation is 2. The van der Waals surface area contributed by atoms with Gasteiger partial charge in [0.2, 0.25) is 10.0 Å². The monoisotopic (exact) mass is 406 g/mol. The summed E-state index contributed by atoms with van der Waals surface area (Å²) in [5, 5.41) is 3.80. The Kier molecular flexibility index (Phi) is 5.55. The van der Waals surface area contributed by atoms with E-state index in [1.807, 2.05) is 6.92 Å². The molecule has 1 aromatic carbocycles. The summed E-state index contributed by atoms with van der Waals surface area (Å²) in [5.74, 6) is -0.639. The molecule has 1 aliphatic rings. The van der Waals surface area contributed by atoms with Crippen LogP contribution in [-0.2, 0) is 27.6 Å². The van der Waals surface area contributed by atoms with E-state index in [0.717, 1.165) is 5.56 Å². The average molecular weight is 406 g/mol. The van der Waals surface area contributed by atoms with Crippen LogP contribution in [0.1, 0.15) is 51.6 Å². The van der Waals surface area contributed by atoms with Gasteiger partial charge in [-0.3, -0.25) is 9.10 Å². The van der Waals surface area contributed by atoms with Crippen LogP contribution >= 0.6 is 0 Å². The average Bonchev–Trinajstić information content (AvgIpc) is 3.28. The molecule has 0 aliphatic carbocycles. The molecule has 2 heterocycles. The Morgan fingerprint density at radius 2 is 2.04 bits per heavy atom. The van der Waals surface area contributed by atoms with E-state index in [9.17, 15) is 18.0 Å². The molecule has 0 fully saturated rings. The quantitative estimate of drug-likeness (QED) is 0.513. The number of ketones is 1. The lowest BCUT2D eigenvalue weighted by Crippen LogP contribution is -2.30. The van der Waals surface area contributed by atoms with Crippen molar-refractivity contribution in [3.63, 3.8) is 0 Å². The second-order valence-corrected chi connectivity index (χ2v) is 8.66. The van der Waals surface area contributed by atoms with Crippen molar-refractivity contribution in [1.82, 2.24) is 5.16 Å². The lowest BCUT2D eigenvalue weighted by atomic mass is 10.1. The second kappa shape index (κ2) is 7.75. The summed E-state index contributed by atoms with van der Waals surface area (Å²) in [6.07, 6.45) is 1.05. The number of esters is 1. The SMILES string of the molecule is CCc1noc(C)c1C(=O)OCC(=O)c1ccc2c(c1)CCN2S(=O)(=O)CC. The minimum Gasteiger partial charge on any atom is -0.454 e. The Balaban J connectivity index is 1.71. The number of fused-ring (bicyclic) bond motifs is 1. The number of hydrogen-bond acceptors (Lipinski definition) is 7. The van der Waals surface area contributed by atoms with Crippen molar-refractivity contribution in [2.75, 3.05) is 23.2 Å². The summed E-state index contributed by atoms with van der Waals surface area (Å²) < 4.78 is 35.8. The van der Waals surface area contributed by atoms with Gasteiger partial charge in [-0.15, -0.1) is 0 Å². The van der Waals surface area contributed by atoms with Gasteiger partial charge in [0.25, 0.3) is 0 Å². The first-order valence-electron chi connectivity index (χ1n) is 9.07. The Hall–Kier alpha value is -2.68. The fourth-order valence-corrected chi connectivity index (χ4v) is 4.36. The molecule has 3 rings (SSSR count). The maximum Gasteiger partial charge on any atom is 0.344 e. The molecule has 1 aliphatic heterocycles. The number of sulfonamides is 1. The minimum absolute atomic E-state index is 0.0190. The van der Waals surface area contributed by atoms with Gasteiger partial charge in [-0.25, -0.2) is 13.2 Å². The van der Waals surface area contributed by atoms with E-state index in [1.165, 1.54) is 4.31 Å². The molecule has 0 saturated heterocycles. The molecular formula is C19H22N2O6S. The summed E-state index contributed by atoms with van der Waals surface area (Å²) >= 11 is 0. The molecule has 2 aromatic rings. The molecule has 0 spiro atoms. The van der Waals surface area contributed by atoms with E-state index < -0.39 is 22.6 Å². The number of carbonyl (C=O) groups is 2. The molecule has 8 nitrogen and oxygen atoms in total. The zero-order valence-electron chi connectivity index (χ0n) is 16.0. The van der Waals surface area contributed by atoms with Crippen LogP contribution in [0.2, 0.25) is 0 Å². The van der Waals surface area contributed by atoms with Crippen LogP contribution in [0, 0.1) is 6.92 Å². The number of carbonyl (C=O) groups excluding carboxylic acids is 2. The van der Waals surface area contributed by atoms with Crippen molar-refractivity contribution in [3.8, 4) is 0 Å². The largest absolute Gasteiger partial charge is 0.454 e. The van der Waals surface area contributed by atoms with Gasteiger partial charge in [-0.1, -0.05) is 12.1 Å². The predicted octanol–water partition coefficient (Wildman–Crippen LogP) is 2.30. The summed E-state index contributed by atoms with van der Waals surface area (Å²) in [7, 11) is -3.34. The molecule has 0 amide bonds. The van der Waals surface area contributed by atoms with Gasteiger partial charge >= 0.3 is 5.97 Å². The van der Waals surface area contributed by atoms with Crippen molar-refractivity contribution in [1.29, 1.82) is 0 Å². The zero-order valence-corrected chi connectivity index (χ0v) is 16.8. The molecule has 0 bridgehead atoms. The lowest BCUT2D eigenvalue weighted by Gasteiger charge is -2.18. The molecule has 0 atom stereocenters. The third-order valence-electron chi connectivity index (χ3n) is 4.76. The summed E-state index contributed by atoms with van der Waals surface area (Å²) in [6.45, 7) is 5.00. The van der Waals surface area contributed by atoms with Crippen LogP contribution in [-0.4, -0.2) is 44.2 Å². The first kappa shape index (κ1) is 20.1. The predicted molar refractivity (Wildman–Crippen MR) is 102 cm³/mol.